The summed E-state index contributed by atoms with van der Waals surface area (Å²) in [6.45, 7) is 14.6. The zero-order chi connectivity index (χ0) is 29.4. The number of amides is 2. The van der Waals surface area contributed by atoms with Crippen LogP contribution >= 0.6 is 15.9 Å². The van der Waals surface area contributed by atoms with Crippen molar-refractivity contribution in [3.63, 3.8) is 0 Å². The molecule has 214 valence electrons. The van der Waals surface area contributed by atoms with E-state index in [9.17, 15) is 9.59 Å². The molecule has 0 aromatic heterocycles. The number of nitrogens with one attached hydrogen (secondary N) is 1. The fourth-order valence-electron chi connectivity index (χ4n) is 4.20. The van der Waals surface area contributed by atoms with Crippen molar-refractivity contribution in [2.45, 2.75) is 85.9 Å². The van der Waals surface area contributed by atoms with E-state index in [0.717, 1.165) is 27.6 Å². The van der Waals surface area contributed by atoms with E-state index in [1.807, 2.05) is 65.0 Å². The Morgan fingerprint density at radius 3 is 2.26 bits per heavy atom. The largest absolute Gasteiger partial charge is 0.348 e. The van der Waals surface area contributed by atoms with E-state index < -0.39 is 12.1 Å². The minimum Gasteiger partial charge on any atom is -0.348 e. The fraction of sp³-hybridized carbons (Fsp3) is 0.484. The van der Waals surface area contributed by atoms with Crippen LogP contribution < -0.4 is 11.2 Å². The molecule has 1 heterocycles. The van der Waals surface area contributed by atoms with Crippen LogP contribution in [0.1, 0.15) is 79.3 Å². The van der Waals surface area contributed by atoms with Gasteiger partial charge in [0.1, 0.15) is 12.1 Å². The lowest BCUT2D eigenvalue weighted by molar-refractivity contribution is -0.140. The zero-order valence-electron chi connectivity index (χ0n) is 24.5. The first-order valence-electron chi connectivity index (χ1n) is 14.0. The highest BCUT2D eigenvalue weighted by molar-refractivity contribution is 9.10. The summed E-state index contributed by atoms with van der Waals surface area (Å²) in [4.78, 5) is 32.3. The van der Waals surface area contributed by atoms with E-state index in [4.69, 9.17) is 5.84 Å². The molecule has 1 aliphatic rings. The minimum atomic E-state index is -0.575. The van der Waals surface area contributed by atoms with Gasteiger partial charge >= 0.3 is 0 Å². The molecule has 7 nitrogen and oxygen atoms in total. The number of carbonyl (C=O) groups is 2. The molecular weight excluding hydrogens is 554 g/mol. The molecule has 1 aliphatic heterocycles. The van der Waals surface area contributed by atoms with Gasteiger partial charge in [-0.15, -0.1) is 0 Å². The molecule has 2 aromatic rings. The molecule has 0 spiro atoms. The van der Waals surface area contributed by atoms with Crippen molar-refractivity contribution in [2.24, 2.45) is 21.9 Å². The van der Waals surface area contributed by atoms with E-state index in [-0.39, 0.29) is 23.8 Å². The lowest BCUT2D eigenvalue weighted by Gasteiger charge is -2.29. The molecule has 2 amide bonds. The molecule has 0 aliphatic carbocycles. The Morgan fingerprint density at radius 1 is 1.08 bits per heavy atom. The predicted octanol–water partition coefficient (Wildman–Crippen LogP) is 6.77. The first-order chi connectivity index (χ1) is 18.7. The van der Waals surface area contributed by atoms with Crippen LogP contribution in [0.2, 0.25) is 0 Å². The van der Waals surface area contributed by atoms with Crippen molar-refractivity contribution in [1.29, 1.82) is 0 Å². The Morgan fingerprint density at radius 2 is 1.69 bits per heavy atom. The van der Waals surface area contributed by atoms with Crippen LogP contribution in [0.15, 0.2) is 63.1 Å². The third-order valence-electron chi connectivity index (χ3n) is 6.08. The molecule has 0 radical (unpaired) electrons. The minimum absolute atomic E-state index is 0.0127. The number of likely N-dealkylation sites (tertiary alicyclic amines) is 1. The highest BCUT2D eigenvalue weighted by Gasteiger charge is 2.38. The van der Waals surface area contributed by atoms with Gasteiger partial charge in [0.05, 0.1) is 12.3 Å². The van der Waals surface area contributed by atoms with Crippen LogP contribution in [0.25, 0.3) is 11.1 Å². The standard InChI is InChI=1S/C26H32BrN5O2.C3H8.C2H6/c1-17(2)24(29-14-15-30-28)26(34)32-16-6-9-23(32)25(33)31-18(3)19-10-12-20(13-11-19)21-7-4-5-8-22(21)27;1-3-2;1-2/h4-5,7-8,10-15,17-18,23-24H,6,9,16,28H2,1-3H3,(H,31,33);3H2,1-2H3;1-2H3/b29-14?,30-15-;;. The Kier molecular flexibility index (Phi) is 16.0. The van der Waals surface area contributed by atoms with Crippen LogP contribution in [0.3, 0.4) is 0 Å². The topological polar surface area (TPSA) is 100 Å². The van der Waals surface area contributed by atoms with Crippen molar-refractivity contribution in [3.05, 3.63) is 58.6 Å². The normalized spacial score (nSPS) is 16.3. The average molecular weight is 601 g/mol. The molecule has 0 saturated carbocycles. The average Bonchev–Trinajstić information content (AvgIpc) is 3.43. The van der Waals surface area contributed by atoms with Gasteiger partial charge in [0, 0.05) is 17.2 Å². The number of hydrazone groups is 1. The lowest BCUT2D eigenvalue weighted by atomic mass is 10.0. The summed E-state index contributed by atoms with van der Waals surface area (Å²) in [5.41, 5.74) is 3.22. The smallest absolute Gasteiger partial charge is 0.248 e. The van der Waals surface area contributed by atoms with E-state index in [1.54, 1.807) is 4.90 Å². The van der Waals surface area contributed by atoms with Gasteiger partial charge in [-0.25, -0.2) is 0 Å². The van der Waals surface area contributed by atoms with Crippen molar-refractivity contribution in [3.8, 4) is 11.1 Å². The summed E-state index contributed by atoms with van der Waals surface area (Å²) >= 11 is 3.59. The maximum Gasteiger partial charge on any atom is 0.248 e. The third-order valence-corrected chi connectivity index (χ3v) is 6.77. The second-order valence-corrected chi connectivity index (χ2v) is 10.4. The Bertz CT molecular complexity index is 1070. The van der Waals surface area contributed by atoms with Crippen LogP contribution in [-0.4, -0.2) is 47.8 Å². The van der Waals surface area contributed by atoms with Gasteiger partial charge in [-0.05, 0) is 48.4 Å². The highest BCUT2D eigenvalue weighted by Crippen LogP contribution is 2.29. The van der Waals surface area contributed by atoms with Gasteiger partial charge < -0.3 is 16.1 Å². The Hall–Kier alpha value is -3.00. The SMILES string of the molecule is CC.CC(NC(=O)C1CCCN1C(=O)C(N=C/C=N\N)C(C)C)c1ccc(-c2ccccc2Br)cc1.CCC. The number of nitrogens with two attached hydrogens (primary N) is 1. The number of halogens is 1. The number of rotatable bonds is 8. The predicted molar refractivity (Wildman–Crippen MR) is 168 cm³/mol. The van der Waals surface area contributed by atoms with Crippen molar-refractivity contribution in [1.82, 2.24) is 10.2 Å². The molecule has 3 atom stereocenters. The van der Waals surface area contributed by atoms with Crippen molar-refractivity contribution < 1.29 is 9.59 Å². The lowest BCUT2D eigenvalue weighted by Crippen LogP contribution is -2.50. The molecule has 3 unspecified atom stereocenters. The molecule has 1 fully saturated rings. The van der Waals surface area contributed by atoms with Gasteiger partial charge in [0.15, 0.2) is 0 Å². The van der Waals surface area contributed by atoms with Crippen LogP contribution in [0, 0.1) is 5.92 Å². The molecule has 1 saturated heterocycles. The van der Waals surface area contributed by atoms with Crippen LogP contribution in [0.4, 0.5) is 0 Å². The van der Waals surface area contributed by atoms with Crippen LogP contribution in [0.5, 0.6) is 0 Å². The van der Waals surface area contributed by atoms with Gasteiger partial charge in [-0.1, -0.05) is 106 Å². The van der Waals surface area contributed by atoms with Gasteiger partial charge in [0.25, 0.3) is 0 Å². The summed E-state index contributed by atoms with van der Waals surface area (Å²) in [7, 11) is 0. The van der Waals surface area contributed by atoms with E-state index in [2.05, 4.69) is 63.4 Å². The maximum atomic E-state index is 13.2. The van der Waals surface area contributed by atoms with Gasteiger partial charge in [-0.3, -0.25) is 14.6 Å². The summed E-state index contributed by atoms with van der Waals surface area (Å²) in [6, 6.07) is 15.0. The molecule has 3 N–H and O–H groups in total. The number of hydrogen-bond donors (Lipinski definition) is 2. The van der Waals surface area contributed by atoms with Crippen molar-refractivity contribution in [2.75, 3.05) is 6.54 Å². The second-order valence-electron chi connectivity index (χ2n) is 9.51. The summed E-state index contributed by atoms with van der Waals surface area (Å²) in [5, 5.41) is 6.49. The fourth-order valence-corrected chi connectivity index (χ4v) is 4.72. The van der Waals surface area contributed by atoms with E-state index >= 15 is 0 Å². The Labute approximate surface area is 243 Å². The molecular formula is C31H46BrN5O2. The first kappa shape index (κ1) is 34.0. The highest BCUT2D eigenvalue weighted by atomic mass is 79.9. The second kappa shape index (κ2) is 18.3. The molecule has 8 heteroatoms. The van der Waals surface area contributed by atoms with Crippen LogP contribution in [-0.2, 0) is 9.59 Å². The summed E-state index contributed by atoms with van der Waals surface area (Å²) in [5.74, 6) is 4.83. The molecule has 3 rings (SSSR count). The summed E-state index contributed by atoms with van der Waals surface area (Å²) in [6.07, 6.45) is 5.47. The number of carbonyl (C=O) groups excluding carboxylic acids is 2. The van der Waals surface area contributed by atoms with E-state index in [0.29, 0.717) is 13.0 Å². The first-order valence-corrected chi connectivity index (χ1v) is 14.7. The van der Waals surface area contributed by atoms with E-state index in [1.165, 1.54) is 18.9 Å². The third kappa shape index (κ3) is 10.2. The zero-order valence-corrected chi connectivity index (χ0v) is 26.1. The monoisotopic (exact) mass is 599 g/mol. The number of aliphatic imine (C=N–C) groups is 1. The number of benzene rings is 2. The van der Waals surface area contributed by atoms with Crippen molar-refractivity contribution >= 4 is 40.2 Å². The molecule has 2 aromatic carbocycles. The quantitative estimate of drug-likeness (QED) is 0.199. The molecule has 0 bridgehead atoms. The number of hydrogen-bond acceptors (Lipinski definition) is 5. The molecule has 39 heavy (non-hydrogen) atoms. The maximum absolute atomic E-state index is 13.2. The summed E-state index contributed by atoms with van der Waals surface area (Å²) < 4.78 is 1.04. The van der Waals surface area contributed by atoms with Gasteiger partial charge in [0.2, 0.25) is 11.8 Å². The Balaban J connectivity index is 0.00000142. The number of nitrogens with zero attached hydrogens (tertiary/aromatic N) is 3. The van der Waals surface area contributed by atoms with Gasteiger partial charge in [-0.2, -0.15) is 5.10 Å².